The molecule has 2 aromatic heterocycles. The lowest BCUT2D eigenvalue weighted by atomic mass is 10.1. The number of aromatic nitrogens is 2. The van der Waals surface area contributed by atoms with Crippen molar-refractivity contribution in [3.05, 3.63) is 64.0 Å². The highest BCUT2D eigenvalue weighted by atomic mass is 32.1. The molecule has 0 saturated heterocycles. The van der Waals surface area contributed by atoms with E-state index in [9.17, 15) is 9.59 Å². The fourth-order valence-electron chi connectivity index (χ4n) is 4.03. The standard InChI is InChI=1S/C22H25N3O2S/c26-20(11-13-24-16-23-21-19(22(24)27)12-15-28-21)25(18-8-4-5-9-18)14-10-17-6-2-1-3-7-17/h1-3,6-7,12,15-16,18H,4-5,8-11,13-14H2. The SMILES string of the molecule is O=C(CCn1cnc2sccc2c1=O)N(CCc1ccccc1)C1CCCC1. The Balaban J connectivity index is 1.43. The fraction of sp³-hybridized carbons (Fsp3) is 0.409. The van der Waals surface area contributed by atoms with Gasteiger partial charge in [0.2, 0.25) is 5.91 Å². The molecule has 1 fully saturated rings. The average Bonchev–Trinajstić information content (AvgIpc) is 3.41. The molecule has 1 saturated carbocycles. The number of hydrogen-bond acceptors (Lipinski definition) is 4. The minimum absolute atomic E-state index is 0.0595. The van der Waals surface area contributed by atoms with Gasteiger partial charge in [-0.05, 0) is 36.3 Å². The second-order valence-electron chi connectivity index (χ2n) is 7.39. The Bertz CT molecular complexity index is 990. The molecule has 6 heteroatoms. The summed E-state index contributed by atoms with van der Waals surface area (Å²) in [5, 5.41) is 2.51. The number of carbonyl (C=O) groups is 1. The molecular formula is C22H25N3O2S. The van der Waals surface area contributed by atoms with Crippen molar-refractivity contribution in [3.8, 4) is 0 Å². The number of hydrogen-bond donors (Lipinski definition) is 0. The van der Waals surface area contributed by atoms with E-state index in [0.29, 0.717) is 24.4 Å². The zero-order chi connectivity index (χ0) is 19.3. The zero-order valence-electron chi connectivity index (χ0n) is 15.9. The van der Waals surface area contributed by atoms with Gasteiger partial charge in [0, 0.05) is 25.6 Å². The summed E-state index contributed by atoms with van der Waals surface area (Å²) in [5.41, 5.74) is 1.19. The predicted octanol–water partition coefficient (Wildman–Crippen LogP) is 3.86. The molecule has 2 heterocycles. The van der Waals surface area contributed by atoms with Crippen LogP contribution in [0.5, 0.6) is 0 Å². The third-order valence-electron chi connectivity index (χ3n) is 5.59. The summed E-state index contributed by atoms with van der Waals surface area (Å²) in [4.78, 5) is 32.7. The first-order chi connectivity index (χ1) is 13.7. The normalized spacial score (nSPS) is 14.6. The molecule has 5 nitrogen and oxygen atoms in total. The molecule has 0 bridgehead atoms. The van der Waals surface area contributed by atoms with Gasteiger partial charge >= 0.3 is 0 Å². The molecule has 28 heavy (non-hydrogen) atoms. The van der Waals surface area contributed by atoms with E-state index in [4.69, 9.17) is 0 Å². The molecular weight excluding hydrogens is 370 g/mol. The summed E-state index contributed by atoms with van der Waals surface area (Å²) in [6.45, 7) is 1.12. The minimum Gasteiger partial charge on any atom is -0.339 e. The number of nitrogens with zero attached hydrogens (tertiary/aromatic N) is 3. The average molecular weight is 396 g/mol. The van der Waals surface area contributed by atoms with E-state index in [2.05, 4.69) is 22.0 Å². The van der Waals surface area contributed by atoms with Crippen LogP contribution in [-0.2, 0) is 17.8 Å². The lowest BCUT2D eigenvalue weighted by molar-refractivity contribution is -0.133. The van der Waals surface area contributed by atoms with Gasteiger partial charge in [-0.1, -0.05) is 43.2 Å². The van der Waals surface area contributed by atoms with Gasteiger partial charge in [0.15, 0.2) is 0 Å². The lowest BCUT2D eigenvalue weighted by Gasteiger charge is -2.29. The monoisotopic (exact) mass is 395 g/mol. The highest BCUT2D eigenvalue weighted by Gasteiger charge is 2.26. The number of fused-ring (bicyclic) bond motifs is 1. The molecule has 4 rings (SSSR count). The van der Waals surface area contributed by atoms with Crippen LogP contribution in [0, 0.1) is 0 Å². The van der Waals surface area contributed by atoms with E-state index in [1.807, 2.05) is 23.6 Å². The third-order valence-corrected chi connectivity index (χ3v) is 6.41. The number of carbonyl (C=O) groups excluding carboxylic acids is 1. The van der Waals surface area contributed by atoms with Crippen LogP contribution in [0.2, 0.25) is 0 Å². The van der Waals surface area contributed by atoms with Crippen molar-refractivity contribution < 1.29 is 4.79 Å². The first kappa shape index (κ1) is 18.9. The van der Waals surface area contributed by atoms with E-state index in [0.717, 1.165) is 30.6 Å². The first-order valence-corrected chi connectivity index (χ1v) is 10.9. The van der Waals surface area contributed by atoms with E-state index in [1.165, 1.54) is 29.7 Å². The highest BCUT2D eigenvalue weighted by Crippen LogP contribution is 2.24. The van der Waals surface area contributed by atoms with Crippen molar-refractivity contribution in [2.24, 2.45) is 0 Å². The van der Waals surface area contributed by atoms with Crippen LogP contribution in [-0.4, -0.2) is 32.9 Å². The number of benzene rings is 1. The number of thiophene rings is 1. The van der Waals surface area contributed by atoms with Gasteiger partial charge in [0.1, 0.15) is 4.83 Å². The van der Waals surface area contributed by atoms with Crippen LogP contribution in [0.25, 0.3) is 10.2 Å². The Morgan fingerprint density at radius 1 is 1.18 bits per heavy atom. The summed E-state index contributed by atoms with van der Waals surface area (Å²) in [7, 11) is 0. The van der Waals surface area contributed by atoms with Crippen LogP contribution in [0.1, 0.15) is 37.7 Å². The Morgan fingerprint density at radius 3 is 2.75 bits per heavy atom. The molecule has 1 aliphatic carbocycles. The molecule has 0 radical (unpaired) electrons. The Hall–Kier alpha value is -2.47. The molecule has 0 N–H and O–H groups in total. The summed E-state index contributed by atoms with van der Waals surface area (Å²) in [6, 6.07) is 12.5. The van der Waals surface area contributed by atoms with Crippen molar-refractivity contribution in [1.29, 1.82) is 0 Å². The molecule has 0 aliphatic heterocycles. The van der Waals surface area contributed by atoms with E-state index in [-0.39, 0.29) is 11.5 Å². The van der Waals surface area contributed by atoms with Gasteiger partial charge in [0.05, 0.1) is 11.7 Å². The molecule has 0 spiro atoms. The van der Waals surface area contributed by atoms with E-state index >= 15 is 0 Å². The summed E-state index contributed by atoms with van der Waals surface area (Å²) < 4.78 is 1.57. The van der Waals surface area contributed by atoms with Gasteiger partial charge in [-0.15, -0.1) is 11.3 Å². The van der Waals surface area contributed by atoms with Gasteiger partial charge < -0.3 is 4.90 Å². The van der Waals surface area contributed by atoms with Crippen molar-refractivity contribution in [2.45, 2.75) is 51.1 Å². The molecule has 3 aromatic rings. The van der Waals surface area contributed by atoms with E-state index in [1.54, 1.807) is 17.0 Å². The van der Waals surface area contributed by atoms with E-state index < -0.39 is 0 Å². The quantitative estimate of drug-likeness (QED) is 0.610. The maximum Gasteiger partial charge on any atom is 0.262 e. The van der Waals surface area contributed by atoms with Crippen LogP contribution in [0.3, 0.4) is 0 Å². The molecule has 0 unspecified atom stereocenters. The van der Waals surface area contributed by atoms with Gasteiger partial charge in [0.25, 0.3) is 5.56 Å². The highest BCUT2D eigenvalue weighted by molar-refractivity contribution is 7.16. The Morgan fingerprint density at radius 2 is 1.96 bits per heavy atom. The molecule has 1 aliphatic rings. The second kappa shape index (κ2) is 8.69. The van der Waals surface area contributed by atoms with Crippen molar-refractivity contribution in [2.75, 3.05) is 6.54 Å². The van der Waals surface area contributed by atoms with Crippen LogP contribution in [0.4, 0.5) is 0 Å². The Labute approximate surface area is 168 Å². The predicted molar refractivity (Wildman–Crippen MR) is 113 cm³/mol. The molecule has 1 aromatic carbocycles. The van der Waals surface area contributed by atoms with Crippen molar-refractivity contribution in [3.63, 3.8) is 0 Å². The van der Waals surface area contributed by atoms with Crippen molar-refractivity contribution in [1.82, 2.24) is 14.5 Å². The van der Waals surface area contributed by atoms with Gasteiger partial charge in [-0.2, -0.15) is 0 Å². The summed E-state index contributed by atoms with van der Waals surface area (Å²) >= 11 is 1.46. The Kier molecular flexibility index (Phi) is 5.86. The maximum atomic E-state index is 13.0. The summed E-state index contributed by atoms with van der Waals surface area (Å²) in [5.74, 6) is 0.139. The molecule has 146 valence electrons. The smallest absolute Gasteiger partial charge is 0.262 e. The van der Waals surface area contributed by atoms with Crippen LogP contribution < -0.4 is 5.56 Å². The number of aryl methyl sites for hydroxylation is 1. The van der Waals surface area contributed by atoms with Gasteiger partial charge in [-0.3, -0.25) is 14.2 Å². The number of amides is 1. The second-order valence-corrected chi connectivity index (χ2v) is 8.29. The fourth-order valence-corrected chi connectivity index (χ4v) is 4.76. The zero-order valence-corrected chi connectivity index (χ0v) is 16.7. The maximum absolute atomic E-state index is 13.0. The van der Waals surface area contributed by atoms with Crippen LogP contribution in [0.15, 0.2) is 52.9 Å². The van der Waals surface area contributed by atoms with Gasteiger partial charge in [-0.25, -0.2) is 4.98 Å². The molecule has 0 atom stereocenters. The lowest BCUT2D eigenvalue weighted by Crippen LogP contribution is -2.41. The first-order valence-electron chi connectivity index (χ1n) is 9.98. The van der Waals surface area contributed by atoms with Crippen molar-refractivity contribution >= 4 is 27.5 Å². The topological polar surface area (TPSA) is 55.2 Å². The van der Waals surface area contributed by atoms with Crippen LogP contribution >= 0.6 is 11.3 Å². The summed E-state index contributed by atoms with van der Waals surface area (Å²) in [6.07, 6.45) is 7.33. The largest absolute Gasteiger partial charge is 0.339 e. The third kappa shape index (κ3) is 4.17. The number of rotatable bonds is 7. The minimum atomic E-state index is -0.0595. The molecule has 1 amide bonds.